The largest absolute Gasteiger partial charge is 0.493 e. The van der Waals surface area contributed by atoms with Crippen molar-refractivity contribution in [1.29, 1.82) is 0 Å². The number of nitrogens with zero attached hydrogens (tertiary/aromatic N) is 1. The zero-order chi connectivity index (χ0) is 20.8. The zero-order valence-electron chi connectivity index (χ0n) is 16.9. The van der Waals surface area contributed by atoms with E-state index in [1.54, 1.807) is 0 Å². The SMILES string of the molecule is CC(C)Oc1cccc(OCCCCN2CCCCCC2)c1.O=C(O)C(=O)O. The molecule has 1 aliphatic rings. The van der Waals surface area contributed by atoms with Gasteiger partial charge in [0.05, 0.1) is 12.7 Å². The first kappa shape index (κ1) is 23.8. The summed E-state index contributed by atoms with van der Waals surface area (Å²) in [5.41, 5.74) is 0. The number of unbranched alkanes of at least 4 members (excludes halogenated alkanes) is 1. The van der Waals surface area contributed by atoms with Crippen molar-refractivity contribution in [2.75, 3.05) is 26.2 Å². The van der Waals surface area contributed by atoms with E-state index in [0.29, 0.717) is 0 Å². The fourth-order valence-electron chi connectivity index (χ4n) is 2.90. The van der Waals surface area contributed by atoms with E-state index in [-0.39, 0.29) is 6.10 Å². The van der Waals surface area contributed by atoms with Gasteiger partial charge >= 0.3 is 11.9 Å². The van der Waals surface area contributed by atoms with Gasteiger partial charge in [0.15, 0.2) is 0 Å². The second-order valence-electron chi connectivity index (χ2n) is 7.06. The van der Waals surface area contributed by atoms with E-state index in [4.69, 9.17) is 29.3 Å². The second kappa shape index (κ2) is 13.8. The molecule has 0 unspecified atom stereocenters. The van der Waals surface area contributed by atoms with Crippen molar-refractivity contribution in [1.82, 2.24) is 4.90 Å². The summed E-state index contributed by atoms with van der Waals surface area (Å²) >= 11 is 0. The number of hydrogen-bond acceptors (Lipinski definition) is 5. The monoisotopic (exact) mass is 395 g/mol. The molecule has 0 amide bonds. The Morgan fingerprint density at radius 2 is 1.61 bits per heavy atom. The van der Waals surface area contributed by atoms with Crippen LogP contribution in [0.1, 0.15) is 52.4 Å². The Bertz CT molecular complexity index is 570. The summed E-state index contributed by atoms with van der Waals surface area (Å²) in [6.07, 6.45) is 8.11. The first-order chi connectivity index (χ1) is 13.4. The molecule has 1 aliphatic heterocycles. The molecule has 7 heteroatoms. The van der Waals surface area contributed by atoms with Crippen LogP contribution in [-0.4, -0.2) is 59.4 Å². The maximum Gasteiger partial charge on any atom is 0.414 e. The molecule has 1 aromatic rings. The Kier molecular flexibility index (Phi) is 11.7. The van der Waals surface area contributed by atoms with E-state index in [9.17, 15) is 0 Å². The molecule has 1 heterocycles. The van der Waals surface area contributed by atoms with Crippen LogP contribution >= 0.6 is 0 Å². The fraction of sp³-hybridized carbons (Fsp3) is 0.619. The fourth-order valence-corrected chi connectivity index (χ4v) is 2.90. The van der Waals surface area contributed by atoms with Crippen molar-refractivity contribution in [2.24, 2.45) is 0 Å². The number of carbonyl (C=O) groups is 2. The van der Waals surface area contributed by atoms with Crippen molar-refractivity contribution in [3.8, 4) is 11.5 Å². The highest BCUT2D eigenvalue weighted by atomic mass is 16.5. The summed E-state index contributed by atoms with van der Waals surface area (Å²) in [7, 11) is 0. The molecule has 1 fully saturated rings. The molecule has 1 aromatic carbocycles. The van der Waals surface area contributed by atoms with Crippen LogP contribution in [0.3, 0.4) is 0 Å². The molecular weight excluding hydrogens is 362 g/mol. The van der Waals surface area contributed by atoms with Crippen molar-refractivity contribution >= 4 is 11.9 Å². The molecule has 0 spiro atoms. The number of ether oxygens (including phenoxy) is 2. The highest BCUT2D eigenvalue weighted by Gasteiger charge is 2.08. The lowest BCUT2D eigenvalue weighted by atomic mass is 10.2. The zero-order valence-corrected chi connectivity index (χ0v) is 16.9. The van der Waals surface area contributed by atoms with Crippen molar-refractivity contribution < 1.29 is 29.3 Å². The topological polar surface area (TPSA) is 96.3 Å². The van der Waals surface area contributed by atoms with Crippen LogP contribution in [0.4, 0.5) is 0 Å². The number of hydrogen-bond donors (Lipinski definition) is 2. The summed E-state index contributed by atoms with van der Waals surface area (Å²) < 4.78 is 11.5. The molecule has 7 nitrogen and oxygen atoms in total. The van der Waals surface area contributed by atoms with Gasteiger partial charge in [0, 0.05) is 6.07 Å². The number of likely N-dealkylation sites (tertiary alicyclic amines) is 1. The van der Waals surface area contributed by atoms with Gasteiger partial charge in [0.25, 0.3) is 0 Å². The molecule has 28 heavy (non-hydrogen) atoms. The van der Waals surface area contributed by atoms with Crippen LogP contribution in [0.15, 0.2) is 24.3 Å². The van der Waals surface area contributed by atoms with Crippen molar-refractivity contribution in [2.45, 2.75) is 58.5 Å². The van der Waals surface area contributed by atoms with Crippen LogP contribution in [0.25, 0.3) is 0 Å². The summed E-state index contributed by atoms with van der Waals surface area (Å²) in [4.78, 5) is 20.8. The molecule has 0 atom stereocenters. The summed E-state index contributed by atoms with van der Waals surface area (Å²) in [5.74, 6) is -1.85. The third-order valence-corrected chi connectivity index (χ3v) is 4.20. The summed E-state index contributed by atoms with van der Waals surface area (Å²) in [6.45, 7) is 8.66. The molecule has 0 radical (unpaired) electrons. The smallest absolute Gasteiger partial charge is 0.414 e. The van der Waals surface area contributed by atoms with Crippen LogP contribution in [0, 0.1) is 0 Å². The normalized spacial score (nSPS) is 14.5. The lowest BCUT2D eigenvalue weighted by Crippen LogP contribution is -2.25. The summed E-state index contributed by atoms with van der Waals surface area (Å²) in [6, 6.07) is 7.95. The van der Waals surface area contributed by atoms with Crippen LogP contribution < -0.4 is 9.47 Å². The molecule has 0 bridgehead atoms. The Labute approximate surface area is 167 Å². The molecule has 1 saturated heterocycles. The third kappa shape index (κ3) is 11.4. The lowest BCUT2D eigenvalue weighted by Gasteiger charge is -2.19. The molecule has 2 rings (SSSR count). The number of benzene rings is 1. The van der Waals surface area contributed by atoms with Crippen molar-refractivity contribution in [3.63, 3.8) is 0 Å². The summed E-state index contributed by atoms with van der Waals surface area (Å²) in [5, 5.41) is 14.8. The minimum atomic E-state index is -1.82. The minimum Gasteiger partial charge on any atom is -0.493 e. The first-order valence-electron chi connectivity index (χ1n) is 9.96. The van der Waals surface area contributed by atoms with Gasteiger partial charge in [-0.05, 0) is 71.3 Å². The highest BCUT2D eigenvalue weighted by Crippen LogP contribution is 2.20. The van der Waals surface area contributed by atoms with Crippen LogP contribution in [0.2, 0.25) is 0 Å². The van der Waals surface area contributed by atoms with E-state index in [1.807, 2.05) is 38.1 Å². The van der Waals surface area contributed by atoms with Gasteiger partial charge in [-0.1, -0.05) is 18.9 Å². The number of aliphatic carboxylic acids is 2. The van der Waals surface area contributed by atoms with E-state index in [0.717, 1.165) is 24.5 Å². The van der Waals surface area contributed by atoms with Gasteiger partial charge in [-0.25, -0.2) is 9.59 Å². The third-order valence-electron chi connectivity index (χ3n) is 4.20. The molecule has 0 aromatic heterocycles. The van der Waals surface area contributed by atoms with E-state index >= 15 is 0 Å². The van der Waals surface area contributed by atoms with Gasteiger partial charge in [-0.3, -0.25) is 0 Å². The highest BCUT2D eigenvalue weighted by molar-refractivity contribution is 6.27. The average molecular weight is 395 g/mol. The van der Waals surface area contributed by atoms with Gasteiger partial charge < -0.3 is 24.6 Å². The van der Waals surface area contributed by atoms with Gasteiger partial charge in [-0.2, -0.15) is 0 Å². The van der Waals surface area contributed by atoms with Gasteiger partial charge in [0.2, 0.25) is 0 Å². The average Bonchev–Trinajstić information content (AvgIpc) is 2.90. The number of rotatable bonds is 8. The van der Waals surface area contributed by atoms with E-state index in [2.05, 4.69) is 4.90 Å². The minimum absolute atomic E-state index is 0.198. The standard InChI is InChI=1S/C19H31NO2.C2H2O4/c1-17(2)22-19-11-9-10-18(16-19)21-15-8-7-14-20-12-5-3-4-6-13-20;3-1(4)2(5)6/h9-11,16-17H,3-8,12-15H2,1-2H3;(H,3,4)(H,5,6). The van der Waals surface area contributed by atoms with E-state index < -0.39 is 11.9 Å². The molecule has 2 N–H and O–H groups in total. The second-order valence-corrected chi connectivity index (χ2v) is 7.06. The van der Waals surface area contributed by atoms with Crippen LogP contribution in [0.5, 0.6) is 11.5 Å². The van der Waals surface area contributed by atoms with Crippen LogP contribution in [-0.2, 0) is 9.59 Å². The van der Waals surface area contributed by atoms with Crippen molar-refractivity contribution in [3.05, 3.63) is 24.3 Å². The Balaban J connectivity index is 0.000000568. The molecular formula is C21H33NO6. The number of carboxylic acids is 2. The number of carboxylic acid groups (broad SMARTS) is 2. The predicted molar refractivity (Wildman–Crippen MR) is 107 cm³/mol. The molecule has 158 valence electrons. The Morgan fingerprint density at radius 1 is 1.00 bits per heavy atom. The molecule has 0 aliphatic carbocycles. The quantitative estimate of drug-likeness (QED) is 0.512. The Hall–Kier alpha value is -2.28. The molecule has 0 saturated carbocycles. The maximum atomic E-state index is 9.10. The Morgan fingerprint density at radius 3 is 2.18 bits per heavy atom. The lowest BCUT2D eigenvalue weighted by molar-refractivity contribution is -0.159. The van der Waals surface area contributed by atoms with Gasteiger partial charge in [-0.15, -0.1) is 0 Å². The maximum absolute atomic E-state index is 9.10. The van der Waals surface area contributed by atoms with Gasteiger partial charge in [0.1, 0.15) is 11.5 Å². The van der Waals surface area contributed by atoms with E-state index in [1.165, 1.54) is 51.7 Å². The first-order valence-corrected chi connectivity index (χ1v) is 9.96. The predicted octanol–water partition coefficient (Wildman–Crippen LogP) is 3.66.